The molecule has 0 aliphatic heterocycles. The number of nitro benzene ring substituents is 1. The second-order valence-corrected chi connectivity index (χ2v) is 8.38. The average molecular weight is 488 g/mol. The van der Waals surface area contributed by atoms with E-state index in [1.807, 2.05) is 5.32 Å². The molecule has 2 aromatic carbocycles. The molecule has 0 unspecified atom stereocenters. The van der Waals surface area contributed by atoms with E-state index in [0.717, 1.165) is 24.3 Å². The number of rotatable bonds is 5. The van der Waals surface area contributed by atoms with Crippen molar-refractivity contribution < 1.29 is 48.9 Å². The number of alkyl halides is 7. The molecule has 0 aromatic heterocycles. The van der Waals surface area contributed by atoms with Crippen molar-refractivity contribution in [1.29, 1.82) is 0 Å². The third-order valence-electron chi connectivity index (χ3n) is 4.13. The van der Waals surface area contributed by atoms with Crippen LogP contribution in [-0.4, -0.2) is 37.9 Å². The highest BCUT2D eigenvalue weighted by Crippen LogP contribution is 2.53. The topological polar surface area (TPSA) is 106 Å². The third-order valence-corrected chi connectivity index (χ3v) is 5.26. The van der Waals surface area contributed by atoms with Gasteiger partial charge in [0.05, 0.1) is 15.5 Å². The fourth-order valence-electron chi connectivity index (χ4n) is 2.59. The van der Waals surface area contributed by atoms with E-state index in [1.165, 1.54) is 0 Å². The number of amides is 1. The molecule has 0 saturated heterocycles. The molecule has 1 N–H and O–H groups in total. The Bertz CT molecular complexity index is 1160. The summed E-state index contributed by atoms with van der Waals surface area (Å²) in [5.74, 6) is -1.16. The van der Waals surface area contributed by atoms with Gasteiger partial charge in [-0.2, -0.15) is 26.3 Å². The molecule has 0 aliphatic carbocycles. The molecule has 0 radical (unpaired) electrons. The molecule has 32 heavy (non-hydrogen) atoms. The number of halogens is 7. The Labute approximate surface area is 174 Å². The van der Waals surface area contributed by atoms with Gasteiger partial charge in [-0.05, 0) is 18.2 Å². The van der Waals surface area contributed by atoms with E-state index in [4.69, 9.17) is 0 Å². The first-order valence-electron chi connectivity index (χ1n) is 8.12. The van der Waals surface area contributed by atoms with E-state index in [2.05, 4.69) is 0 Å². The number of non-ortho nitro benzene ring substituents is 1. The van der Waals surface area contributed by atoms with Crippen LogP contribution < -0.4 is 5.32 Å². The Balaban J connectivity index is 2.61. The maximum Gasteiger partial charge on any atom is 0.435 e. The zero-order chi connectivity index (χ0) is 24.7. The maximum absolute atomic E-state index is 14.3. The van der Waals surface area contributed by atoms with E-state index >= 15 is 0 Å². The highest BCUT2D eigenvalue weighted by atomic mass is 32.2. The number of nitrogens with zero attached hydrogens (tertiary/aromatic N) is 1. The normalized spacial score (nSPS) is 13.0. The third kappa shape index (κ3) is 4.66. The predicted molar refractivity (Wildman–Crippen MR) is 95.5 cm³/mol. The summed E-state index contributed by atoms with van der Waals surface area (Å²) in [6.07, 6.45) is -12.5. The van der Waals surface area contributed by atoms with Crippen LogP contribution in [0.3, 0.4) is 0 Å². The van der Waals surface area contributed by atoms with E-state index in [9.17, 15) is 54.1 Å². The van der Waals surface area contributed by atoms with Crippen LogP contribution in [0.4, 0.5) is 42.1 Å². The Morgan fingerprint density at radius 1 is 0.969 bits per heavy atom. The van der Waals surface area contributed by atoms with Gasteiger partial charge in [-0.1, -0.05) is 12.1 Å². The molecule has 0 bridgehead atoms. The van der Waals surface area contributed by atoms with Crippen molar-refractivity contribution in [3.05, 3.63) is 63.7 Å². The Morgan fingerprint density at radius 3 is 2.00 bits per heavy atom. The molecule has 0 aliphatic rings. The molecular weight excluding hydrogens is 477 g/mol. The molecule has 2 rings (SSSR count). The van der Waals surface area contributed by atoms with E-state index in [0.29, 0.717) is 12.3 Å². The van der Waals surface area contributed by atoms with Crippen LogP contribution in [0.2, 0.25) is 0 Å². The first kappa shape index (κ1) is 25.0. The van der Waals surface area contributed by atoms with Gasteiger partial charge in [0, 0.05) is 29.5 Å². The second kappa shape index (κ2) is 8.03. The summed E-state index contributed by atoms with van der Waals surface area (Å²) in [7, 11) is -4.58. The summed E-state index contributed by atoms with van der Waals surface area (Å²) in [5, 5.41) is 12.7. The monoisotopic (exact) mass is 488 g/mol. The number of carbonyl (C=O) groups is 1. The minimum atomic E-state index is -6.48. The van der Waals surface area contributed by atoms with Crippen molar-refractivity contribution in [3.8, 4) is 0 Å². The molecule has 15 heteroatoms. The Hall–Kier alpha value is -3.23. The van der Waals surface area contributed by atoms with Crippen molar-refractivity contribution in [2.75, 3.05) is 11.6 Å². The molecule has 0 fully saturated rings. The molecule has 2 aromatic rings. The predicted octanol–water partition coefficient (Wildman–Crippen LogP) is 4.54. The number of hydrogen-bond acceptors (Lipinski definition) is 5. The number of nitro groups is 1. The van der Waals surface area contributed by atoms with Gasteiger partial charge >= 0.3 is 18.0 Å². The molecule has 174 valence electrons. The minimum Gasteiger partial charge on any atom is -0.321 e. The number of anilines is 1. The second-order valence-electron chi connectivity index (χ2n) is 6.40. The number of benzene rings is 2. The lowest BCUT2D eigenvalue weighted by Crippen LogP contribution is -2.50. The zero-order valence-electron chi connectivity index (χ0n) is 15.6. The van der Waals surface area contributed by atoms with Gasteiger partial charge in [0.25, 0.3) is 11.6 Å². The van der Waals surface area contributed by atoms with Crippen molar-refractivity contribution in [2.24, 2.45) is 0 Å². The highest BCUT2D eigenvalue weighted by molar-refractivity contribution is 7.90. The summed E-state index contributed by atoms with van der Waals surface area (Å²) in [4.78, 5) is 21.0. The molecule has 0 heterocycles. The van der Waals surface area contributed by atoms with Crippen LogP contribution >= 0.6 is 0 Å². The molecule has 1 amide bonds. The van der Waals surface area contributed by atoms with Gasteiger partial charge in [0.1, 0.15) is 0 Å². The van der Waals surface area contributed by atoms with Gasteiger partial charge in [0.2, 0.25) is 0 Å². The van der Waals surface area contributed by atoms with Gasteiger partial charge < -0.3 is 5.32 Å². The van der Waals surface area contributed by atoms with Crippen molar-refractivity contribution in [3.63, 3.8) is 0 Å². The molecule has 7 nitrogen and oxygen atoms in total. The van der Waals surface area contributed by atoms with E-state index < -0.39 is 60.5 Å². The van der Waals surface area contributed by atoms with Crippen LogP contribution in [0.25, 0.3) is 0 Å². The van der Waals surface area contributed by atoms with Crippen LogP contribution in [-0.2, 0) is 15.5 Å². The van der Waals surface area contributed by atoms with Crippen LogP contribution in [0.1, 0.15) is 15.9 Å². The smallest absolute Gasteiger partial charge is 0.321 e. The van der Waals surface area contributed by atoms with Gasteiger partial charge in [-0.3, -0.25) is 14.9 Å². The summed E-state index contributed by atoms with van der Waals surface area (Å²) in [6.45, 7) is 0. The number of hydrogen-bond donors (Lipinski definition) is 1. The lowest BCUT2D eigenvalue weighted by Gasteiger charge is -2.30. The highest BCUT2D eigenvalue weighted by Gasteiger charge is 2.73. The van der Waals surface area contributed by atoms with Crippen LogP contribution in [0.15, 0.2) is 47.4 Å². The number of nitrogens with one attached hydrogen (secondary N) is 1. The molecular formula is C17H11F7N2O5S. The molecule has 0 saturated carbocycles. The van der Waals surface area contributed by atoms with Crippen molar-refractivity contribution >= 4 is 27.1 Å². The van der Waals surface area contributed by atoms with Crippen molar-refractivity contribution in [1.82, 2.24) is 0 Å². The first-order chi connectivity index (χ1) is 14.4. The zero-order valence-corrected chi connectivity index (χ0v) is 16.4. The average Bonchev–Trinajstić information content (AvgIpc) is 2.65. The largest absolute Gasteiger partial charge is 0.435 e. The summed E-state index contributed by atoms with van der Waals surface area (Å²) >= 11 is 0. The van der Waals surface area contributed by atoms with Crippen molar-refractivity contribution in [2.45, 2.75) is 22.9 Å². The maximum atomic E-state index is 14.3. The quantitative estimate of drug-likeness (QED) is 0.378. The summed E-state index contributed by atoms with van der Waals surface area (Å²) < 4.78 is 116. The molecule has 0 spiro atoms. The van der Waals surface area contributed by atoms with Crippen LogP contribution in [0.5, 0.6) is 0 Å². The number of carbonyl (C=O) groups excluding carboxylic acids is 1. The Morgan fingerprint density at radius 2 is 1.53 bits per heavy atom. The lowest BCUT2D eigenvalue weighted by molar-refractivity contribution is -0.384. The Kier molecular flexibility index (Phi) is 6.29. The van der Waals surface area contributed by atoms with Crippen LogP contribution in [0, 0.1) is 10.1 Å². The summed E-state index contributed by atoms with van der Waals surface area (Å²) in [6, 6.07) is 4.21. The fourth-order valence-corrected chi connectivity index (χ4v) is 3.45. The summed E-state index contributed by atoms with van der Waals surface area (Å²) in [5.41, 5.74) is -9.60. The number of sulfone groups is 1. The van der Waals surface area contributed by atoms with E-state index in [1.54, 1.807) is 0 Å². The molecule has 0 atom stereocenters. The van der Waals surface area contributed by atoms with Gasteiger partial charge in [0.15, 0.2) is 9.84 Å². The lowest BCUT2D eigenvalue weighted by atomic mass is 9.94. The first-order valence-corrected chi connectivity index (χ1v) is 10.0. The van der Waals surface area contributed by atoms with Gasteiger partial charge in [-0.15, -0.1) is 0 Å². The van der Waals surface area contributed by atoms with E-state index in [-0.39, 0.29) is 17.7 Å². The SMILES string of the molecule is CS(=O)(=O)c1cc(C(F)(C(F)(F)F)C(F)(F)F)ccc1NC(=O)c1cccc([N+](=O)[O-])c1. The minimum absolute atomic E-state index is 0.0265. The fraction of sp³-hybridized carbons (Fsp3) is 0.235. The van der Waals surface area contributed by atoms with Gasteiger partial charge in [-0.25, -0.2) is 12.8 Å². The standard InChI is InChI=1S/C17H11F7N2O5S/c1-32(30,31)13-8-10(15(18,16(19,20)21)17(22,23)24)5-6-12(13)25-14(27)9-3-2-4-11(7-9)26(28)29/h2-8H,1H3,(H,25,27).